The first-order valence-corrected chi connectivity index (χ1v) is 4.58. The van der Waals surface area contributed by atoms with Gasteiger partial charge >= 0.3 is 0 Å². The molecule has 0 saturated heterocycles. The second kappa shape index (κ2) is 2.80. The molecule has 0 N–H and O–H groups in total. The average Bonchev–Trinajstić information content (AvgIpc) is 2.29. The van der Waals surface area contributed by atoms with Gasteiger partial charge in [0.25, 0.3) is 0 Å². The second-order valence-electron chi connectivity index (χ2n) is 3.73. The molecule has 0 aliphatic heterocycles. The van der Waals surface area contributed by atoms with Gasteiger partial charge in [0.15, 0.2) is 5.78 Å². The molecule has 2 atom stereocenters. The lowest BCUT2D eigenvalue weighted by atomic mass is 9.96. The van der Waals surface area contributed by atoms with E-state index in [1.54, 1.807) is 0 Å². The molecule has 0 aromatic heterocycles. The summed E-state index contributed by atoms with van der Waals surface area (Å²) < 4.78 is 0. The normalized spacial score (nSPS) is 36.9. The van der Waals surface area contributed by atoms with Gasteiger partial charge in [-0.2, -0.15) is 0 Å². The summed E-state index contributed by atoms with van der Waals surface area (Å²) in [7, 11) is 0. The van der Waals surface area contributed by atoms with E-state index in [9.17, 15) is 4.79 Å². The van der Waals surface area contributed by atoms with Gasteiger partial charge in [0, 0.05) is 5.92 Å². The number of allylic oxidation sites excluding steroid dienone is 2. The molecule has 0 heterocycles. The van der Waals surface area contributed by atoms with Crippen LogP contribution in [0.15, 0.2) is 12.2 Å². The van der Waals surface area contributed by atoms with Crippen molar-refractivity contribution in [2.75, 3.05) is 0 Å². The zero-order chi connectivity index (χ0) is 7.68. The summed E-state index contributed by atoms with van der Waals surface area (Å²) >= 11 is 0. The topological polar surface area (TPSA) is 17.1 Å². The van der Waals surface area contributed by atoms with Gasteiger partial charge in [-0.1, -0.05) is 12.5 Å². The Hall–Kier alpha value is -0.590. The molecule has 0 radical (unpaired) electrons. The van der Waals surface area contributed by atoms with Crippen LogP contribution in [-0.2, 0) is 4.79 Å². The Bertz CT molecular complexity index is 193. The molecule has 0 spiro atoms. The Balaban J connectivity index is 2.23. The third-order valence-corrected chi connectivity index (χ3v) is 2.95. The zero-order valence-electron chi connectivity index (χ0n) is 6.75. The van der Waals surface area contributed by atoms with Crippen LogP contribution in [0.3, 0.4) is 0 Å². The molecule has 1 saturated carbocycles. The highest BCUT2D eigenvalue weighted by Crippen LogP contribution is 2.31. The van der Waals surface area contributed by atoms with Crippen molar-refractivity contribution in [1.82, 2.24) is 0 Å². The molecular formula is C10H14O. The Morgan fingerprint density at radius 2 is 2.09 bits per heavy atom. The van der Waals surface area contributed by atoms with Gasteiger partial charge in [-0.25, -0.2) is 0 Å². The number of carbonyl (C=O) groups excluding carboxylic acids is 1. The van der Waals surface area contributed by atoms with Gasteiger partial charge in [0.05, 0.1) is 0 Å². The SMILES string of the molecule is O=C1C=CC2CCCC1CC2. The van der Waals surface area contributed by atoms with Crippen molar-refractivity contribution in [1.29, 1.82) is 0 Å². The minimum atomic E-state index is 0.374. The molecule has 0 aromatic carbocycles. The highest BCUT2D eigenvalue weighted by Gasteiger charge is 2.24. The van der Waals surface area contributed by atoms with Crippen molar-refractivity contribution in [2.24, 2.45) is 11.8 Å². The predicted molar refractivity (Wildman–Crippen MR) is 44.2 cm³/mol. The Morgan fingerprint density at radius 1 is 1.18 bits per heavy atom. The summed E-state index contributed by atoms with van der Waals surface area (Å²) in [5.41, 5.74) is 0. The molecule has 2 bridgehead atoms. The molecule has 2 unspecified atom stereocenters. The van der Waals surface area contributed by atoms with Crippen LogP contribution in [0, 0.1) is 11.8 Å². The van der Waals surface area contributed by atoms with Crippen LogP contribution >= 0.6 is 0 Å². The van der Waals surface area contributed by atoms with Crippen LogP contribution in [0.4, 0.5) is 0 Å². The molecule has 60 valence electrons. The molecule has 2 rings (SSSR count). The lowest BCUT2D eigenvalue weighted by Crippen LogP contribution is -2.09. The molecule has 1 nitrogen and oxygen atoms in total. The highest BCUT2D eigenvalue weighted by atomic mass is 16.1. The fraction of sp³-hybridized carbons (Fsp3) is 0.700. The van der Waals surface area contributed by atoms with Gasteiger partial charge in [0.1, 0.15) is 0 Å². The summed E-state index contributed by atoms with van der Waals surface area (Å²) in [6.07, 6.45) is 10.0. The first kappa shape index (κ1) is 7.08. The summed E-state index contributed by atoms with van der Waals surface area (Å²) in [6.45, 7) is 0. The van der Waals surface area contributed by atoms with Crippen LogP contribution in [-0.4, -0.2) is 5.78 Å². The van der Waals surface area contributed by atoms with E-state index >= 15 is 0 Å². The molecule has 2 aliphatic carbocycles. The predicted octanol–water partition coefficient (Wildman–Crippen LogP) is 2.32. The van der Waals surface area contributed by atoms with Crippen molar-refractivity contribution >= 4 is 5.78 Å². The lowest BCUT2D eigenvalue weighted by molar-refractivity contribution is -0.118. The quantitative estimate of drug-likeness (QED) is 0.518. The van der Waals surface area contributed by atoms with Crippen molar-refractivity contribution in [3.05, 3.63) is 12.2 Å². The number of fused-ring (bicyclic) bond motifs is 3. The summed E-state index contributed by atoms with van der Waals surface area (Å²) in [4.78, 5) is 11.3. The van der Waals surface area contributed by atoms with E-state index in [0.29, 0.717) is 17.6 Å². The highest BCUT2D eigenvalue weighted by molar-refractivity contribution is 5.92. The van der Waals surface area contributed by atoms with Crippen LogP contribution in [0.25, 0.3) is 0 Å². The maximum atomic E-state index is 11.3. The van der Waals surface area contributed by atoms with E-state index in [2.05, 4.69) is 6.08 Å². The van der Waals surface area contributed by atoms with Crippen LogP contribution in [0.2, 0.25) is 0 Å². The smallest absolute Gasteiger partial charge is 0.158 e. The maximum Gasteiger partial charge on any atom is 0.158 e. The molecule has 0 aromatic rings. The molecule has 11 heavy (non-hydrogen) atoms. The third kappa shape index (κ3) is 1.37. The first-order valence-electron chi connectivity index (χ1n) is 4.58. The van der Waals surface area contributed by atoms with Crippen LogP contribution < -0.4 is 0 Å². The minimum absolute atomic E-state index is 0.374. The minimum Gasteiger partial charge on any atom is -0.295 e. The van der Waals surface area contributed by atoms with Gasteiger partial charge < -0.3 is 0 Å². The second-order valence-corrected chi connectivity index (χ2v) is 3.73. The number of hydrogen-bond donors (Lipinski definition) is 0. The number of hydrogen-bond acceptors (Lipinski definition) is 1. The van der Waals surface area contributed by atoms with Crippen molar-refractivity contribution in [2.45, 2.75) is 32.1 Å². The summed E-state index contributed by atoms with van der Waals surface area (Å²) in [6, 6.07) is 0. The molecule has 1 heteroatoms. The van der Waals surface area contributed by atoms with E-state index < -0.39 is 0 Å². The van der Waals surface area contributed by atoms with E-state index in [1.807, 2.05) is 6.08 Å². The monoisotopic (exact) mass is 150 g/mol. The summed E-state index contributed by atoms with van der Waals surface area (Å²) in [5, 5.41) is 0. The van der Waals surface area contributed by atoms with Gasteiger partial charge in [0.2, 0.25) is 0 Å². The van der Waals surface area contributed by atoms with Crippen LogP contribution in [0.5, 0.6) is 0 Å². The zero-order valence-corrected chi connectivity index (χ0v) is 6.75. The van der Waals surface area contributed by atoms with E-state index in [4.69, 9.17) is 0 Å². The fourth-order valence-corrected chi connectivity index (χ4v) is 2.17. The standard InChI is InChI=1S/C10H14O/c11-10-7-5-8-2-1-3-9(10)6-4-8/h5,7-9H,1-4,6H2. The Labute approximate surface area is 67.5 Å². The molecule has 2 aliphatic rings. The molecule has 0 amide bonds. The Morgan fingerprint density at radius 3 is 3.00 bits per heavy atom. The van der Waals surface area contributed by atoms with E-state index in [0.717, 1.165) is 12.8 Å². The first-order chi connectivity index (χ1) is 5.36. The van der Waals surface area contributed by atoms with Crippen molar-refractivity contribution < 1.29 is 4.79 Å². The number of carbonyl (C=O) groups is 1. The number of rotatable bonds is 0. The lowest BCUT2D eigenvalue weighted by Gasteiger charge is -2.08. The third-order valence-electron chi connectivity index (χ3n) is 2.95. The van der Waals surface area contributed by atoms with Crippen molar-refractivity contribution in [3.8, 4) is 0 Å². The largest absolute Gasteiger partial charge is 0.295 e. The molecular weight excluding hydrogens is 136 g/mol. The van der Waals surface area contributed by atoms with E-state index in [1.165, 1.54) is 19.3 Å². The molecule has 1 fully saturated rings. The summed E-state index contributed by atoms with van der Waals surface area (Å²) in [5.74, 6) is 1.47. The van der Waals surface area contributed by atoms with Gasteiger partial charge in [-0.05, 0) is 37.7 Å². The van der Waals surface area contributed by atoms with E-state index in [-0.39, 0.29) is 0 Å². The van der Waals surface area contributed by atoms with Gasteiger partial charge in [-0.3, -0.25) is 4.79 Å². The average molecular weight is 150 g/mol. The van der Waals surface area contributed by atoms with Gasteiger partial charge in [-0.15, -0.1) is 0 Å². The number of ketones is 1. The maximum absolute atomic E-state index is 11.3. The Kier molecular flexibility index (Phi) is 1.80. The van der Waals surface area contributed by atoms with Crippen molar-refractivity contribution in [3.63, 3.8) is 0 Å². The van der Waals surface area contributed by atoms with Crippen LogP contribution in [0.1, 0.15) is 32.1 Å². The fourth-order valence-electron chi connectivity index (χ4n) is 2.17.